The summed E-state index contributed by atoms with van der Waals surface area (Å²) in [6, 6.07) is 3.99. The number of anilines is 1. The van der Waals surface area contributed by atoms with Crippen molar-refractivity contribution in [3.63, 3.8) is 0 Å². The van der Waals surface area contributed by atoms with Gasteiger partial charge in [-0.05, 0) is 25.0 Å². The molecule has 1 fully saturated rings. The van der Waals surface area contributed by atoms with Gasteiger partial charge in [-0.25, -0.2) is 0 Å². The topological polar surface area (TPSA) is 33.2 Å². The summed E-state index contributed by atoms with van der Waals surface area (Å²) in [7, 11) is 0. The number of rotatable bonds is 2. The first-order valence-corrected chi connectivity index (χ1v) is 5.00. The van der Waals surface area contributed by atoms with Gasteiger partial charge in [0.25, 0.3) is 0 Å². The fourth-order valence-electron chi connectivity index (χ4n) is 1.91. The molecule has 1 aliphatic rings. The molecule has 1 atom stereocenters. The van der Waals surface area contributed by atoms with Gasteiger partial charge in [-0.1, -0.05) is 0 Å². The van der Waals surface area contributed by atoms with Crippen molar-refractivity contribution in [2.24, 2.45) is 5.92 Å². The van der Waals surface area contributed by atoms with E-state index in [1.54, 1.807) is 12.4 Å². The molecular weight excluding hydrogens is 176 g/mol. The fraction of sp³-hybridized carbons (Fsp3) is 0.455. The van der Waals surface area contributed by atoms with Crippen molar-refractivity contribution in [1.82, 2.24) is 4.98 Å². The molecule has 0 aromatic carbocycles. The average Bonchev–Trinajstić information content (AvgIpc) is 2.30. The summed E-state index contributed by atoms with van der Waals surface area (Å²) in [6.07, 6.45) is 6.80. The summed E-state index contributed by atoms with van der Waals surface area (Å²) >= 11 is 0. The lowest BCUT2D eigenvalue weighted by Crippen LogP contribution is -2.35. The van der Waals surface area contributed by atoms with E-state index in [0.717, 1.165) is 32.2 Å². The Bertz CT molecular complexity index is 299. The third-order valence-corrected chi connectivity index (χ3v) is 2.68. The van der Waals surface area contributed by atoms with Crippen LogP contribution in [0.2, 0.25) is 0 Å². The van der Waals surface area contributed by atoms with E-state index < -0.39 is 0 Å². The number of piperidine rings is 1. The molecule has 1 aromatic heterocycles. The van der Waals surface area contributed by atoms with Crippen LogP contribution in [0.1, 0.15) is 12.8 Å². The van der Waals surface area contributed by atoms with Crippen LogP contribution in [0.5, 0.6) is 0 Å². The molecule has 2 rings (SSSR count). The van der Waals surface area contributed by atoms with E-state index in [0.29, 0.717) is 0 Å². The standard InChI is InChI=1S/C11H14N2O/c14-9-10-2-1-7-13(8-10)11-3-5-12-6-4-11/h3-6,9-10H,1-2,7-8H2. The fourth-order valence-corrected chi connectivity index (χ4v) is 1.91. The summed E-state index contributed by atoms with van der Waals surface area (Å²) in [6.45, 7) is 1.90. The van der Waals surface area contributed by atoms with Crippen molar-refractivity contribution in [1.29, 1.82) is 0 Å². The van der Waals surface area contributed by atoms with Crippen molar-refractivity contribution < 1.29 is 4.79 Å². The second-order valence-electron chi connectivity index (χ2n) is 3.69. The molecule has 0 aliphatic carbocycles. The smallest absolute Gasteiger partial charge is 0.124 e. The number of pyridine rings is 1. The minimum atomic E-state index is 0.205. The number of carbonyl (C=O) groups is 1. The number of hydrogen-bond donors (Lipinski definition) is 0. The Labute approximate surface area is 83.8 Å². The van der Waals surface area contributed by atoms with E-state index >= 15 is 0 Å². The van der Waals surface area contributed by atoms with E-state index in [-0.39, 0.29) is 5.92 Å². The maximum atomic E-state index is 10.7. The van der Waals surface area contributed by atoms with Gasteiger partial charge in [-0.2, -0.15) is 0 Å². The van der Waals surface area contributed by atoms with Gasteiger partial charge < -0.3 is 9.69 Å². The van der Waals surface area contributed by atoms with Gasteiger partial charge >= 0.3 is 0 Å². The van der Waals surface area contributed by atoms with Crippen molar-refractivity contribution in [2.45, 2.75) is 12.8 Å². The van der Waals surface area contributed by atoms with Crippen molar-refractivity contribution in [2.75, 3.05) is 18.0 Å². The number of carbonyl (C=O) groups excluding carboxylic acids is 1. The van der Waals surface area contributed by atoms with E-state index in [1.807, 2.05) is 12.1 Å². The molecule has 0 N–H and O–H groups in total. The quantitative estimate of drug-likeness (QED) is 0.662. The second-order valence-corrected chi connectivity index (χ2v) is 3.69. The Morgan fingerprint density at radius 2 is 2.21 bits per heavy atom. The van der Waals surface area contributed by atoms with Gasteiger partial charge in [0.15, 0.2) is 0 Å². The Kier molecular flexibility index (Phi) is 2.77. The number of nitrogens with zero attached hydrogens (tertiary/aromatic N) is 2. The molecule has 1 saturated heterocycles. The monoisotopic (exact) mass is 190 g/mol. The highest BCUT2D eigenvalue weighted by atomic mass is 16.1. The zero-order valence-corrected chi connectivity index (χ0v) is 8.10. The first-order valence-electron chi connectivity index (χ1n) is 5.00. The molecule has 0 spiro atoms. The summed E-state index contributed by atoms with van der Waals surface area (Å²) in [5, 5.41) is 0. The van der Waals surface area contributed by atoms with Crippen molar-refractivity contribution >= 4 is 12.0 Å². The minimum absolute atomic E-state index is 0.205. The molecule has 1 aliphatic heterocycles. The highest BCUT2D eigenvalue weighted by Gasteiger charge is 2.18. The molecular formula is C11H14N2O. The molecule has 14 heavy (non-hydrogen) atoms. The maximum absolute atomic E-state index is 10.7. The molecule has 74 valence electrons. The van der Waals surface area contributed by atoms with Gasteiger partial charge in [0.05, 0.1) is 0 Å². The van der Waals surface area contributed by atoms with Crippen LogP contribution in [-0.2, 0) is 4.79 Å². The Morgan fingerprint density at radius 3 is 2.93 bits per heavy atom. The molecule has 0 radical (unpaired) electrons. The third kappa shape index (κ3) is 1.92. The molecule has 3 nitrogen and oxygen atoms in total. The summed E-state index contributed by atoms with van der Waals surface area (Å²) in [5.41, 5.74) is 1.17. The lowest BCUT2D eigenvalue weighted by molar-refractivity contribution is -0.111. The zero-order valence-electron chi connectivity index (χ0n) is 8.10. The largest absolute Gasteiger partial charge is 0.371 e. The highest BCUT2D eigenvalue weighted by Crippen LogP contribution is 2.20. The summed E-state index contributed by atoms with van der Waals surface area (Å²) in [4.78, 5) is 16.9. The van der Waals surface area contributed by atoms with Crippen LogP contribution in [0.3, 0.4) is 0 Å². The highest BCUT2D eigenvalue weighted by molar-refractivity contribution is 5.57. The Hall–Kier alpha value is -1.38. The molecule has 0 saturated carbocycles. The minimum Gasteiger partial charge on any atom is -0.371 e. The van der Waals surface area contributed by atoms with Gasteiger partial charge in [-0.15, -0.1) is 0 Å². The zero-order chi connectivity index (χ0) is 9.80. The first-order chi connectivity index (χ1) is 6.90. The molecule has 0 bridgehead atoms. The van der Waals surface area contributed by atoms with Crippen molar-refractivity contribution in [3.8, 4) is 0 Å². The Morgan fingerprint density at radius 1 is 1.43 bits per heavy atom. The van der Waals surface area contributed by atoms with Gasteiger partial charge in [-0.3, -0.25) is 4.98 Å². The third-order valence-electron chi connectivity index (χ3n) is 2.68. The van der Waals surface area contributed by atoms with Crippen LogP contribution >= 0.6 is 0 Å². The van der Waals surface area contributed by atoms with Gasteiger partial charge in [0, 0.05) is 37.1 Å². The molecule has 0 amide bonds. The normalized spacial score (nSPS) is 22.0. The van der Waals surface area contributed by atoms with E-state index in [1.165, 1.54) is 5.69 Å². The predicted molar refractivity (Wildman–Crippen MR) is 55.2 cm³/mol. The average molecular weight is 190 g/mol. The first kappa shape index (κ1) is 9.19. The predicted octanol–water partition coefficient (Wildman–Crippen LogP) is 1.50. The lowest BCUT2D eigenvalue weighted by atomic mass is 9.99. The Balaban J connectivity index is 2.08. The van der Waals surface area contributed by atoms with Crippen LogP contribution in [0.4, 0.5) is 5.69 Å². The van der Waals surface area contributed by atoms with E-state index in [2.05, 4.69) is 9.88 Å². The summed E-state index contributed by atoms with van der Waals surface area (Å²) < 4.78 is 0. The second kappa shape index (κ2) is 4.22. The van der Waals surface area contributed by atoms with E-state index in [9.17, 15) is 4.79 Å². The SMILES string of the molecule is O=CC1CCCN(c2ccncc2)C1. The molecule has 1 unspecified atom stereocenters. The molecule has 1 aromatic rings. The van der Waals surface area contributed by atoms with E-state index in [4.69, 9.17) is 0 Å². The van der Waals surface area contributed by atoms with Crippen LogP contribution in [0, 0.1) is 5.92 Å². The molecule has 3 heteroatoms. The van der Waals surface area contributed by atoms with Crippen molar-refractivity contribution in [3.05, 3.63) is 24.5 Å². The van der Waals surface area contributed by atoms with Crippen LogP contribution in [0.25, 0.3) is 0 Å². The van der Waals surface area contributed by atoms with Crippen LogP contribution in [-0.4, -0.2) is 24.4 Å². The number of aromatic nitrogens is 1. The number of hydrogen-bond acceptors (Lipinski definition) is 3. The van der Waals surface area contributed by atoms with Gasteiger partial charge in [0.1, 0.15) is 6.29 Å². The maximum Gasteiger partial charge on any atom is 0.124 e. The summed E-state index contributed by atoms with van der Waals surface area (Å²) in [5.74, 6) is 0.205. The van der Waals surface area contributed by atoms with Gasteiger partial charge in [0.2, 0.25) is 0 Å². The van der Waals surface area contributed by atoms with Crippen LogP contribution in [0.15, 0.2) is 24.5 Å². The molecule has 2 heterocycles. The lowest BCUT2D eigenvalue weighted by Gasteiger charge is -2.31. The number of aldehydes is 1. The van der Waals surface area contributed by atoms with Crippen LogP contribution < -0.4 is 4.90 Å².